The molecule has 0 aliphatic carbocycles. The Kier molecular flexibility index (Phi) is 17.5. The lowest BCUT2D eigenvalue weighted by molar-refractivity contribution is 0.0105. The number of hydrogen-bond acceptors (Lipinski definition) is 6. The summed E-state index contributed by atoms with van der Waals surface area (Å²) in [7, 11) is 0. The topological polar surface area (TPSA) is 88.6 Å². The number of nitrogens with one attached hydrogen (secondary N) is 1. The number of carbonyl (C=O) groups is 3. The number of aryl methyl sites for hydroxylation is 3. The summed E-state index contributed by atoms with van der Waals surface area (Å²) in [5.74, 6) is -0.411. The zero-order chi connectivity index (χ0) is 43.1. The minimum Gasteiger partial charge on any atom is -0.381 e. The van der Waals surface area contributed by atoms with Crippen LogP contribution in [0.2, 0.25) is 0 Å². The standard InChI is InChI=1S/C31H27N3O3S.C9H18O.C8H9F.C2H6/c1-19-16-26(20(2)32-18-19)30(36)33-25-10-8-22(9-11-25)31(37)34-15-14-24(17-23-6-4-5-7-27(23)34)29-13-12-28(38-29)21(3)35;1-3-9(4-2)5-7-10-8-6-9;1-6-4-3-5-8(9)7(6)2;1-2/h4-13,16-18H,14-15H2,1-3H3,(H,33,36);3-8H2,1-2H3;3-5H,1-2H3;1-2H3. The molecule has 2 aliphatic rings. The van der Waals surface area contributed by atoms with Crippen LogP contribution in [0.1, 0.15) is 130 Å². The van der Waals surface area contributed by atoms with Gasteiger partial charge in [0, 0.05) is 47.8 Å². The molecule has 7 nitrogen and oxygen atoms in total. The Morgan fingerprint density at radius 2 is 1.56 bits per heavy atom. The van der Waals surface area contributed by atoms with Crippen molar-refractivity contribution >= 4 is 52.0 Å². The third-order valence-electron chi connectivity index (χ3n) is 11.1. The number of ether oxygens (including phenoxy) is 1. The molecule has 2 amide bonds. The van der Waals surface area contributed by atoms with Gasteiger partial charge in [-0.3, -0.25) is 19.4 Å². The van der Waals surface area contributed by atoms with E-state index in [0.29, 0.717) is 40.9 Å². The smallest absolute Gasteiger partial charge is 0.258 e. The highest BCUT2D eigenvalue weighted by Crippen LogP contribution is 2.37. The minimum absolute atomic E-state index is 0.0537. The first-order valence-corrected chi connectivity index (χ1v) is 21.5. The Morgan fingerprint density at radius 1 is 0.881 bits per heavy atom. The van der Waals surface area contributed by atoms with E-state index in [2.05, 4.69) is 30.2 Å². The Morgan fingerprint density at radius 3 is 2.15 bits per heavy atom. The maximum absolute atomic E-state index is 13.7. The first-order chi connectivity index (χ1) is 28.3. The van der Waals surface area contributed by atoms with Crippen LogP contribution in [-0.2, 0) is 4.74 Å². The Labute approximate surface area is 354 Å². The first-order valence-electron chi connectivity index (χ1n) is 20.7. The zero-order valence-corrected chi connectivity index (χ0v) is 37.0. The van der Waals surface area contributed by atoms with Crippen LogP contribution in [0, 0.1) is 38.9 Å². The summed E-state index contributed by atoms with van der Waals surface area (Å²) in [6.07, 6.45) is 9.71. The van der Waals surface area contributed by atoms with Crippen molar-refractivity contribution in [3.63, 3.8) is 0 Å². The summed E-state index contributed by atoms with van der Waals surface area (Å²) in [5.41, 5.74) is 8.53. The van der Waals surface area contributed by atoms with Crippen LogP contribution in [0.25, 0.3) is 11.6 Å². The van der Waals surface area contributed by atoms with E-state index in [1.165, 1.54) is 43.1 Å². The molecule has 0 atom stereocenters. The molecular formula is C50H60FN3O4S. The molecule has 0 bridgehead atoms. The summed E-state index contributed by atoms with van der Waals surface area (Å²) >= 11 is 1.48. The number of thiophene rings is 1. The highest BCUT2D eigenvalue weighted by molar-refractivity contribution is 7.15. The van der Waals surface area contributed by atoms with E-state index >= 15 is 0 Å². The normalized spacial score (nSPS) is 14.0. The van der Waals surface area contributed by atoms with E-state index in [1.54, 1.807) is 62.2 Å². The van der Waals surface area contributed by atoms with Gasteiger partial charge in [0.2, 0.25) is 0 Å². The van der Waals surface area contributed by atoms with Crippen molar-refractivity contribution in [2.24, 2.45) is 5.41 Å². The van der Waals surface area contributed by atoms with Gasteiger partial charge in [0.1, 0.15) is 5.82 Å². The number of Topliss-reactive ketones (excluding diaryl/α,β-unsaturated/α-hetero) is 1. The molecule has 7 rings (SSSR count). The quantitative estimate of drug-likeness (QED) is 0.165. The molecule has 0 radical (unpaired) electrons. The zero-order valence-electron chi connectivity index (χ0n) is 36.2. The van der Waals surface area contributed by atoms with Gasteiger partial charge in [-0.15, -0.1) is 11.3 Å². The number of carbonyl (C=O) groups excluding carboxylic acids is 3. The van der Waals surface area contributed by atoms with Crippen molar-refractivity contribution in [3.8, 4) is 0 Å². The summed E-state index contributed by atoms with van der Waals surface area (Å²) < 4.78 is 17.9. The van der Waals surface area contributed by atoms with E-state index in [-0.39, 0.29) is 23.4 Å². The number of rotatable bonds is 7. The van der Waals surface area contributed by atoms with Crippen LogP contribution in [0.3, 0.4) is 0 Å². The van der Waals surface area contributed by atoms with Crippen LogP contribution in [-0.4, -0.2) is 42.3 Å². The van der Waals surface area contributed by atoms with Gasteiger partial charge in [-0.2, -0.15) is 0 Å². The van der Waals surface area contributed by atoms with Gasteiger partial charge in [0.05, 0.1) is 16.1 Å². The number of para-hydroxylation sites is 1. The van der Waals surface area contributed by atoms with Crippen molar-refractivity contribution in [3.05, 3.63) is 146 Å². The second-order valence-corrected chi connectivity index (χ2v) is 15.9. The van der Waals surface area contributed by atoms with Crippen LogP contribution in [0.4, 0.5) is 15.8 Å². The number of amides is 2. The number of aromatic nitrogens is 1. The Balaban J connectivity index is 0.000000298. The average Bonchev–Trinajstić information content (AvgIpc) is 3.68. The second kappa shape index (κ2) is 22.2. The van der Waals surface area contributed by atoms with Crippen molar-refractivity contribution in [2.75, 3.05) is 30.0 Å². The van der Waals surface area contributed by atoms with Crippen LogP contribution >= 0.6 is 11.3 Å². The van der Waals surface area contributed by atoms with Gasteiger partial charge in [-0.1, -0.05) is 70.9 Å². The van der Waals surface area contributed by atoms with Gasteiger partial charge in [-0.05, 0) is 148 Å². The number of fused-ring (bicyclic) bond motifs is 1. The number of anilines is 2. The Bertz CT molecular complexity index is 2190. The fourth-order valence-corrected chi connectivity index (χ4v) is 7.91. The molecule has 0 spiro atoms. The molecule has 9 heteroatoms. The van der Waals surface area contributed by atoms with E-state index in [9.17, 15) is 18.8 Å². The van der Waals surface area contributed by atoms with Gasteiger partial charge in [0.15, 0.2) is 5.78 Å². The molecular weight excluding hydrogens is 758 g/mol. The molecule has 2 aromatic heterocycles. The third-order valence-corrected chi connectivity index (χ3v) is 12.4. The SMILES string of the molecule is CC.CC(=O)c1ccc(C2=Cc3ccccc3N(C(=O)c3ccc(NC(=O)c4cc(C)cnc4C)cc3)CC2)s1.CCC1(CC)CCOCC1.Cc1cccc(F)c1C. The van der Waals surface area contributed by atoms with E-state index in [4.69, 9.17) is 4.74 Å². The monoisotopic (exact) mass is 817 g/mol. The predicted molar refractivity (Wildman–Crippen MR) is 243 cm³/mol. The largest absolute Gasteiger partial charge is 0.381 e. The lowest BCUT2D eigenvalue weighted by Crippen LogP contribution is -2.32. The van der Waals surface area contributed by atoms with E-state index in [1.807, 2.05) is 76.2 Å². The number of pyridine rings is 1. The van der Waals surface area contributed by atoms with Crippen LogP contribution < -0.4 is 10.2 Å². The first kappa shape index (κ1) is 46.4. The molecule has 3 aromatic carbocycles. The van der Waals surface area contributed by atoms with Gasteiger partial charge < -0.3 is 15.0 Å². The molecule has 0 unspecified atom stereocenters. The predicted octanol–water partition coefficient (Wildman–Crippen LogP) is 12.9. The summed E-state index contributed by atoms with van der Waals surface area (Å²) in [6, 6.07) is 25.5. The molecule has 59 heavy (non-hydrogen) atoms. The maximum atomic E-state index is 13.7. The minimum atomic E-state index is -0.237. The molecule has 312 valence electrons. The highest BCUT2D eigenvalue weighted by Gasteiger charge is 2.28. The lowest BCUT2D eigenvalue weighted by Gasteiger charge is -2.35. The number of ketones is 1. The molecule has 0 saturated carbocycles. The number of hydrogen-bond donors (Lipinski definition) is 1. The van der Waals surface area contributed by atoms with E-state index in [0.717, 1.165) is 56.5 Å². The lowest BCUT2D eigenvalue weighted by atomic mass is 9.76. The number of nitrogens with zero attached hydrogens (tertiary/aromatic N) is 2. The summed E-state index contributed by atoms with van der Waals surface area (Å²) in [6.45, 7) is 20.0. The number of benzene rings is 3. The summed E-state index contributed by atoms with van der Waals surface area (Å²) in [5, 5.41) is 2.90. The van der Waals surface area contributed by atoms with Crippen molar-refractivity contribution < 1.29 is 23.5 Å². The molecule has 2 aliphatic heterocycles. The maximum Gasteiger partial charge on any atom is 0.258 e. The van der Waals surface area contributed by atoms with Crippen LogP contribution in [0.5, 0.6) is 0 Å². The van der Waals surface area contributed by atoms with E-state index < -0.39 is 0 Å². The van der Waals surface area contributed by atoms with Crippen molar-refractivity contribution in [2.45, 2.75) is 94.4 Å². The highest BCUT2D eigenvalue weighted by atomic mass is 32.1. The number of halogens is 1. The second-order valence-electron chi connectivity index (χ2n) is 14.8. The van der Waals surface area contributed by atoms with Gasteiger partial charge in [0.25, 0.3) is 11.8 Å². The fourth-order valence-electron chi connectivity index (χ4n) is 6.97. The molecule has 5 aromatic rings. The van der Waals surface area contributed by atoms with Gasteiger partial charge in [-0.25, -0.2) is 4.39 Å². The van der Waals surface area contributed by atoms with Gasteiger partial charge >= 0.3 is 0 Å². The third kappa shape index (κ3) is 12.4. The van der Waals surface area contributed by atoms with Crippen molar-refractivity contribution in [1.29, 1.82) is 0 Å². The summed E-state index contributed by atoms with van der Waals surface area (Å²) in [4.78, 5) is 46.1. The molecule has 1 N–H and O–H groups in total. The molecule has 4 heterocycles. The average molecular weight is 818 g/mol. The Hall–Kier alpha value is -5.25. The van der Waals surface area contributed by atoms with Crippen molar-refractivity contribution in [1.82, 2.24) is 4.98 Å². The fraction of sp³-hybridized carbons (Fsp3) is 0.360. The van der Waals surface area contributed by atoms with Crippen LogP contribution in [0.15, 0.2) is 91.1 Å². The molecule has 1 saturated heterocycles. The molecule has 1 fully saturated rings.